The zero-order valence-electron chi connectivity index (χ0n) is 20.1. The Labute approximate surface area is 239 Å². The van der Waals surface area contributed by atoms with Gasteiger partial charge >= 0.3 is 0 Å². The van der Waals surface area contributed by atoms with Gasteiger partial charge in [-0.15, -0.1) is 23.5 Å². The van der Waals surface area contributed by atoms with Gasteiger partial charge in [0, 0.05) is 5.56 Å². The van der Waals surface area contributed by atoms with E-state index in [1.165, 1.54) is 21.2 Å². The average Bonchev–Trinajstić information content (AvgIpc) is 2.95. The summed E-state index contributed by atoms with van der Waals surface area (Å²) in [5, 5.41) is 7.22. The van der Waals surface area contributed by atoms with Gasteiger partial charge in [0.05, 0.1) is 0 Å². The number of rotatable bonds is 7. The normalized spacial score (nSPS) is 11.1. The minimum Gasteiger partial charge on any atom is -1.00 e. The molecule has 0 unspecified atom stereocenters. The van der Waals surface area contributed by atoms with Crippen molar-refractivity contribution < 1.29 is 24.0 Å². The molecule has 0 spiro atoms. The Morgan fingerprint density at radius 3 is 1.17 bits per heavy atom. The Bertz CT molecular complexity index is 1280. The van der Waals surface area contributed by atoms with Gasteiger partial charge in [0.15, 0.2) is 11.1 Å². The summed E-state index contributed by atoms with van der Waals surface area (Å²) in [6.07, 6.45) is 4.25. The van der Waals surface area contributed by atoms with Crippen molar-refractivity contribution >= 4 is 52.0 Å². The third-order valence-electron chi connectivity index (χ3n) is 6.00. The molecular formula is C30H26IN2PS2. The summed E-state index contributed by atoms with van der Waals surface area (Å²) < 4.78 is 0. The first-order chi connectivity index (χ1) is 17.3. The summed E-state index contributed by atoms with van der Waals surface area (Å²) in [5.74, 6) is 0.773. The van der Waals surface area contributed by atoms with E-state index in [2.05, 4.69) is 116 Å². The molecule has 0 saturated heterocycles. The molecule has 0 N–H and O–H groups in total. The molecular weight excluding hydrogens is 610 g/mol. The Kier molecular flexibility index (Phi) is 9.24. The van der Waals surface area contributed by atoms with Crippen LogP contribution in [0, 0.1) is 0 Å². The summed E-state index contributed by atoms with van der Waals surface area (Å²) in [6.45, 7) is 0. The molecule has 36 heavy (non-hydrogen) atoms. The van der Waals surface area contributed by atoms with Gasteiger partial charge in [-0.25, -0.2) is 9.97 Å². The lowest BCUT2D eigenvalue weighted by atomic mass is 10.2. The average molecular weight is 637 g/mol. The first-order valence-electron chi connectivity index (χ1n) is 11.4. The van der Waals surface area contributed by atoms with Gasteiger partial charge in [-0.05, 0) is 48.9 Å². The molecule has 1 aromatic heterocycles. The lowest BCUT2D eigenvalue weighted by molar-refractivity contribution is -0.00000684. The largest absolute Gasteiger partial charge is 1.00 e. The molecule has 1 heterocycles. The molecule has 0 aliphatic carbocycles. The maximum atomic E-state index is 5.18. The lowest BCUT2D eigenvalue weighted by Crippen LogP contribution is -3.00. The van der Waals surface area contributed by atoms with Gasteiger partial charge in [-0.3, -0.25) is 0 Å². The highest BCUT2D eigenvalue weighted by Gasteiger charge is 2.52. The number of benzene rings is 4. The molecule has 4 aromatic carbocycles. The van der Waals surface area contributed by atoms with Crippen molar-refractivity contribution in [3.8, 4) is 11.4 Å². The Morgan fingerprint density at radius 2 is 0.833 bits per heavy atom. The molecule has 0 amide bonds. The maximum absolute atomic E-state index is 5.18. The number of hydrogen-bond donors (Lipinski definition) is 0. The van der Waals surface area contributed by atoms with E-state index in [0.717, 1.165) is 21.4 Å². The highest BCUT2D eigenvalue weighted by molar-refractivity contribution is 8.05. The molecule has 0 radical (unpaired) electrons. The standard InChI is InChI=1S/C30H26N2PS2.HI/c1-34-29-27(30(35-2)32-28(31-29)23-15-7-3-8-16-23)33(24-17-9-4-10-18-24,25-19-11-5-12-20-25)26-21-13-6-14-22-26;/h3-22H,1-2H3;1H/q+1;/p-1. The van der Waals surface area contributed by atoms with Crippen LogP contribution in [0.4, 0.5) is 0 Å². The molecule has 2 nitrogen and oxygen atoms in total. The second kappa shape index (κ2) is 12.4. The topological polar surface area (TPSA) is 25.8 Å². The van der Waals surface area contributed by atoms with Crippen LogP contribution in [0.15, 0.2) is 131 Å². The Morgan fingerprint density at radius 1 is 0.500 bits per heavy atom. The molecule has 180 valence electrons. The third-order valence-corrected chi connectivity index (χ3v) is 12.0. The maximum Gasteiger partial charge on any atom is 0.174 e. The van der Waals surface area contributed by atoms with Crippen LogP contribution in [0.2, 0.25) is 0 Å². The summed E-state index contributed by atoms with van der Waals surface area (Å²) in [5.41, 5.74) is 1.03. The summed E-state index contributed by atoms with van der Waals surface area (Å²) in [6, 6.07) is 43.0. The molecule has 0 bridgehead atoms. The zero-order valence-corrected chi connectivity index (χ0v) is 24.8. The van der Waals surface area contributed by atoms with Crippen molar-refractivity contribution in [2.24, 2.45) is 0 Å². The Hall–Kier alpha value is -2.18. The van der Waals surface area contributed by atoms with Crippen LogP contribution in [0.25, 0.3) is 11.4 Å². The summed E-state index contributed by atoms with van der Waals surface area (Å²) in [4.78, 5) is 10.4. The van der Waals surface area contributed by atoms with E-state index in [-0.39, 0.29) is 24.0 Å². The van der Waals surface area contributed by atoms with E-state index in [4.69, 9.17) is 9.97 Å². The van der Waals surface area contributed by atoms with Crippen LogP contribution < -0.4 is 45.2 Å². The second-order valence-corrected chi connectivity index (χ2v) is 12.9. The number of aromatic nitrogens is 2. The minimum atomic E-state index is -2.29. The highest BCUT2D eigenvalue weighted by atomic mass is 127. The third kappa shape index (κ3) is 4.99. The SMILES string of the molecule is CSc1nc(-c2ccccc2)nc(SC)c1[P+](c1ccccc1)(c1ccccc1)c1ccccc1.[I-]. The lowest BCUT2D eigenvalue weighted by Gasteiger charge is -2.29. The van der Waals surface area contributed by atoms with Gasteiger partial charge in [0.2, 0.25) is 0 Å². The van der Waals surface area contributed by atoms with Crippen molar-refractivity contribution in [1.29, 1.82) is 0 Å². The fourth-order valence-corrected chi connectivity index (χ4v) is 11.1. The van der Waals surface area contributed by atoms with E-state index < -0.39 is 7.26 Å². The van der Waals surface area contributed by atoms with Crippen LogP contribution in [-0.4, -0.2) is 22.5 Å². The van der Waals surface area contributed by atoms with E-state index >= 15 is 0 Å². The van der Waals surface area contributed by atoms with E-state index in [0.29, 0.717) is 0 Å². The smallest absolute Gasteiger partial charge is 0.174 e. The minimum absolute atomic E-state index is 0. The van der Waals surface area contributed by atoms with Crippen molar-refractivity contribution in [3.05, 3.63) is 121 Å². The number of thioether (sulfide) groups is 2. The molecule has 0 aliphatic rings. The zero-order chi connectivity index (χ0) is 24.1. The molecule has 5 aromatic rings. The Balaban J connectivity index is 0.00000304. The van der Waals surface area contributed by atoms with Gasteiger partial charge in [0.1, 0.15) is 33.2 Å². The van der Waals surface area contributed by atoms with Crippen molar-refractivity contribution in [2.75, 3.05) is 12.5 Å². The summed E-state index contributed by atoms with van der Waals surface area (Å²) in [7, 11) is -2.29. The quantitative estimate of drug-likeness (QED) is 0.119. The second-order valence-electron chi connectivity index (χ2n) is 7.96. The fourth-order valence-electron chi connectivity index (χ4n) is 4.49. The first kappa shape index (κ1) is 26.9. The molecule has 6 heteroatoms. The first-order valence-corrected chi connectivity index (χ1v) is 15.6. The predicted molar refractivity (Wildman–Crippen MR) is 156 cm³/mol. The monoisotopic (exact) mass is 636 g/mol. The van der Waals surface area contributed by atoms with Crippen molar-refractivity contribution in [1.82, 2.24) is 9.97 Å². The molecule has 5 rings (SSSR count). The van der Waals surface area contributed by atoms with Gasteiger partial charge in [0.25, 0.3) is 0 Å². The van der Waals surface area contributed by atoms with Gasteiger partial charge in [-0.2, -0.15) is 0 Å². The van der Waals surface area contributed by atoms with Crippen molar-refractivity contribution in [3.63, 3.8) is 0 Å². The van der Waals surface area contributed by atoms with E-state index in [9.17, 15) is 0 Å². The molecule has 0 aliphatic heterocycles. The molecule has 0 atom stereocenters. The van der Waals surface area contributed by atoms with E-state index in [1.54, 1.807) is 23.5 Å². The fraction of sp³-hybridized carbons (Fsp3) is 0.0667. The number of hydrogen-bond acceptors (Lipinski definition) is 4. The molecule has 0 saturated carbocycles. The van der Waals surface area contributed by atoms with Crippen LogP contribution in [0.5, 0.6) is 0 Å². The number of halogens is 1. The van der Waals surface area contributed by atoms with Gasteiger partial charge in [-0.1, -0.05) is 84.9 Å². The summed E-state index contributed by atoms with van der Waals surface area (Å²) >= 11 is 3.42. The predicted octanol–water partition coefficient (Wildman–Crippen LogP) is 3.21. The van der Waals surface area contributed by atoms with E-state index in [1.807, 2.05) is 18.2 Å². The van der Waals surface area contributed by atoms with Crippen LogP contribution in [0.3, 0.4) is 0 Å². The van der Waals surface area contributed by atoms with Crippen LogP contribution >= 0.6 is 30.8 Å². The van der Waals surface area contributed by atoms with Crippen molar-refractivity contribution in [2.45, 2.75) is 10.1 Å². The van der Waals surface area contributed by atoms with Crippen LogP contribution in [-0.2, 0) is 0 Å². The molecule has 0 fully saturated rings. The highest BCUT2D eigenvalue weighted by Crippen LogP contribution is 2.57. The van der Waals surface area contributed by atoms with Crippen LogP contribution in [0.1, 0.15) is 0 Å². The van der Waals surface area contributed by atoms with Gasteiger partial charge < -0.3 is 24.0 Å². The number of nitrogens with zero attached hydrogens (tertiary/aromatic N) is 2.